The molecule has 2 heterocycles. The second kappa shape index (κ2) is 6.50. The Hall–Kier alpha value is -2.85. The van der Waals surface area contributed by atoms with Crippen molar-refractivity contribution in [1.29, 1.82) is 0 Å². The minimum Gasteiger partial charge on any atom is -0.506 e. The van der Waals surface area contributed by atoms with Crippen LogP contribution in [0, 0.1) is 0 Å². The van der Waals surface area contributed by atoms with Gasteiger partial charge in [-0.1, -0.05) is 41.9 Å². The van der Waals surface area contributed by atoms with E-state index < -0.39 is 0 Å². The molecule has 4 rings (SSSR count). The lowest BCUT2D eigenvalue weighted by molar-refractivity contribution is 0.480. The SMILES string of the molecule is Oc1cccc2c(Cl)ccnc12.Oc1cccc2cccnc12. The molecule has 114 valence electrons. The second-order valence-corrected chi connectivity index (χ2v) is 5.23. The number of aromatic hydroxyl groups is 2. The number of aromatic nitrogens is 2. The van der Waals surface area contributed by atoms with E-state index in [0.29, 0.717) is 16.1 Å². The number of hydrogen-bond acceptors (Lipinski definition) is 4. The molecule has 0 fully saturated rings. The van der Waals surface area contributed by atoms with Crippen LogP contribution in [0.25, 0.3) is 21.8 Å². The Balaban J connectivity index is 0.000000136. The van der Waals surface area contributed by atoms with E-state index in [9.17, 15) is 10.2 Å². The fraction of sp³-hybridized carbons (Fsp3) is 0. The Labute approximate surface area is 137 Å². The van der Waals surface area contributed by atoms with Crippen LogP contribution in [0.2, 0.25) is 5.02 Å². The van der Waals surface area contributed by atoms with Crippen LogP contribution in [0.5, 0.6) is 11.5 Å². The zero-order valence-electron chi connectivity index (χ0n) is 12.0. The molecule has 2 aromatic carbocycles. The molecule has 4 aromatic rings. The average molecular weight is 325 g/mol. The molecule has 4 nitrogen and oxygen atoms in total. The van der Waals surface area contributed by atoms with Gasteiger partial charge in [-0.2, -0.15) is 0 Å². The highest BCUT2D eigenvalue weighted by molar-refractivity contribution is 6.35. The van der Waals surface area contributed by atoms with Crippen LogP contribution in [0.1, 0.15) is 0 Å². The van der Waals surface area contributed by atoms with E-state index in [4.69, 9.17) is 11.6 Å². The number of halogens is 1. The molecule has 5 heteroatoms. The van der Waals surface area contributed by atoms with Crippen LogP contribution in [-0.4, -0.2) is 20.2 Å². The number of hydrogen-bond donors (Lipinski definition) is 2. The number of phenolic OH excluding ortho intramolecular Hbond substituents is 2. The minimum atomic E-state index is 0.162. The largest absolute Gasteiger partial charge is 0.506 e. The fourth-order valence-electron chi connectivity index (χ4n) is 2.21. The van der Waals surface area contributed by atoms with Crippen molar-refractivity contribution in [2.75, 3.05) is 0 Å². The molecule has 0 saturated carbocycles. The van der Waals surface area contributed by atoms with Gasteiger partial charge < -0.3 is 10.2 Å². The number of nitrogens with zero attached hydrogens (tertiary/aromatic N) is 2. The van der Waals surface area contributed by atoms with Crippen molar-refractivity contribution in [3.63, 3.8) is 0 Å². The van der Waals surface area contributed by atoms with E-state index in [2.05, 4.69) is 9.97 Å². The molecule has 0 aliphatic rings. The molecule has 0 saturated heterocycles. The maximum Gasteiger partial charge on any atom is 0.141 e. The van der Waals surface area contributed by atoms with Gasteiger partial charge >= 0.3 is 0 Å². The predicted molar refractivity (Wildman–Crippen MR) is 91.8 cm³/mol. The summed E-state index contributed by atoms with van der Waals surface area (Å²) in [5.74, 6) is 0.401. The standard InChI is InChI=1S/C9H6ClNO.C9H7NO/c10-7-4-5-11-9-6(7)2-1-3-8(9)12;11-8-5-1-3-7-4-2-6-10-9(7)8/h1-5,12H;1-6,11H. The van der Waals surface area contributed by atoms with Crippen molar-refractivity contribution in [3.05, 3.63) is 72.0 Å². The summed E-state index contributed by atoms with van der Waals surface area (Å²) < 4.78 is 0. The second-order valence-electron chi connectivity index (χ2n) is 4.82. The molecule has 0 radical (unpaired) electrons. The Kier molecular flexibility index (Phi) is 4.26. The molecule has 0 unspecified atom stereocenters. The normalized spacial score (nSPS) is 10.3. The van der Waals surface area contributed by atoms with Crippen molar-refractivity contribution in [1.82, 2.24) is 9.97 Å². The highest BCUT2D eigenvalue weighted by Gasteiger charge is 2.02. The van der Waals surface area contributed by atoms with Gasteiger partial charge in [-0.05, 0) is 24.3 Å². The van der Waals surface area contributed by atoms with E-state index in [1.807, 2.05) is 24.3 Å². The van der Waals surface area contributed by atoms with E-state index in [0.717, 1.165) is 10.8 Å². The van der Waals surface area contributed by atoms with E-state index in [-0.39, 0.29) is 11.5 Å². The number of phenols is 2. The van der Waals surface area contributed by atoms with E-state index in [1.165, 1.54) is 0 Å². The van der Waals surface area contributed by atoms with E-state index >= 15 is 0 Å². The lowest BCUT2D eigenvalue weighted by Crippen LogP contribution is -1.78. The van der Waals surface area contributed by atoms with Gasteiger partial charge in [-0.25, -0.2) is 0 Å². The molecule has 0 atom stereocenters. The van der Waals surface area contributed by atoms with Gasteiger partial charge in [-0.15, -0.1) is 0 Å². The Morgan fingerprint density at radius 3 is 2.09 bits per heavy atom. The zero-order valence-corrected chi connectivity index (χ0v) is 12.8. The molecule has 2 aromatic heterocycles. The lowest BCUT2D eigenvalue weighted by Gasteiger charge is -1.99. The summed E-state index contributed by atoms with van der Waals surface area (Å²) in [5.41, 5.74) is 1.21. The van der Waals surface area contributed by atoms with Gasteiger partial charge in [0.25, 0.3) is 0 Å². The smallest absolute Gasteiger partial charge is 0.141 e. The minimum absolute atomic E-state index is 0.162. The van der Waals surface area contributed by atoms with Crippen LogP contribution in [0.3, 0.4) is 0 Å². The number of para-hydroxylation sites is 2. The molecular formula is C18H13ClN2O2. The molecule has 2 N–H and O–H groups in total. The van der Waals surface area contributed by atoms with Crippen LogP contribution in [0.15, 0.2) is 67.0 Å². The average Bonchev–Trinajstić information content (AvgIpc) is 2.57. The Bertz CT molecular complexity index is 927. The molecular weight excluding hydrogens is 312 g/mol. The summed E-state index contributed by atoms with van der Waals surface area (Å²) in [6.45, 7) is 0. The first-order valence-corrected chi connectivity index (χ1v) is 7.29. The monoisotopic (exact) mass is 324 g/mol. The van der Waals surface area contributed by atoms with Crippen molar-refractivity contribution in [2.45, 2.75) is 0 Å². The Morgan fingerprint density at radius 1 is 0.696 bits per heavy atom. The van der Waals surface area contributed by atoms with Crippen LogP contribution in [0.4, 0.5) is 0 Å². The third kappa shape index (κ3) is 3.17. The summed E-state index contributed by atoms with van der Waals surface area (Å²) in [6, 6.07) is 16.0. The lowest BCUT2D eigenvalue weighted by atomic mass is 10.2. The van der Waals surface area contributed by atoms with Crippen molar-refractivity contribution < 1.29 is 10.2 Å². The Morgan fingerprint density at radius 2 is 1.35 bits per heavy atom. The molecule has 23 heavy (non-hydrogen) atoms. The van der Waals surface area contributed by atoms with Gasteiger partial charge in [0.2, 0.25) is 0 Å². The molecule has 0 spiro atoms. The van der Waals surface area contributed by atoms with Gasteiger partial charge in [0, 0.05) is 23.2 Å². The summed E-state index contributed by atoms with van der Waals surface area (Å²) in [6.07, 6.45) is 3.24. The summed E-state index contributed by atoms with van der Waals surface area (Å²) in [4.78, 5) is 8.04. The van der Waals surface area contributed by atoms with E-state index in [1.54, 1.807) is 42.7 Å². The summed E-state index contributed by atoms with van der Waals surface area (Å²) in [5, 5.41) is 21.0. The summed E-state index contributed by atoms with van der Waals surface area (Å²) >= 11 is 5.88. The third-order valence-corrected chi connectivity index (χ3v) is 3.64. The highest BCUT2D eigenvalue weighted by atomic mass is 35.5. The number of fused-ring (bicyclic) bond motifs is 2. The van der Waals surface area contributed by atoms with Gasteiger partial charge in [-0.3, -0.25) is 9.97 Å². The zero-order chi connectivity index (χ0) is 16.2. The maximum absolute atomic E-state index is 9.37. The third-order valence-electron chi connectivity index (χ3n) is 3.31. The molecule has 0 bridgehead atoms. The predicted octanol–water partition coefficient (Wildman–Crippen LogP) is 4.53. The van der Waals surface area contributed by atoms with Crippen LogP contribution < -0.4 is 0 Å². The first-order valence-electron chi connectivity index (χ1n) is 6.92. The topological polar surface area (TPSA) is 66.2 Å². The first-order chi connectivity index (χ1) is 11.2. The molecule has 0 amide bonds. The van der Waals surface area contributed by atoms with Gasteiger partial charge in [0.15, 0.2) is 0 Å². The van der Waals surface area contributed by atoms with Gasteiger partial charge in [0.05, 0.1) is 5.02 Å². The van der Waals surface area contributed by atoms with Crippen LogP contribution >= 0.6 is 11.6 Å². The maximum atomic E-state index is 9.37. The number of pyridine rings is 2. The number of benzene rings is 2. The van der Waals surface area contributed by atoms with Crippen molar-refractivity contribution in [2.24, 2.45) is 0 Å². The quantitative estimate of drug-likeness (QED) is 0.498. The molecule has 0 aliphatic heterocycles. The fourth-order valence-corrected chi connectivity index (χ4v) is 2.42. The van der Waals surface area contributed by atoms with Crippen molar-refractivity contribution in [3.8, 4) is 11.5 Å². The number of rotatable bonds is 0. The van der Waals surface area contributed by atoms with Crippen molar-refractivity contribution >= 4 is 33.4 Å². The van der Waals surface area contributed by atoms with Crippen LogP contribution in [-0.2, 0) is 0 Å². The summed E-state index contributed by atoms with van der Waals surface area (Å²) in [7, 11) is 0. The first kappa shape index (κ1) is 15.1. The highest BCUT2D eigenvalue weighted by Crippen LogP contribution is 2.27. The molecule has 0 aliphatic carbocycles. The van der Waals surface area contributed by atoms with Gasteiger partial charge in [0.1, 0.15) is 22.5 Å².